The predicted molar refractivity (Wildman–Crippen MR) is 91.6 cm³/mol. The fraction of sp³-hybridized carbons (Fsp3) is 0.421. The van der Waals surface area contributed by atoms with Gasteiger partial charge in [0.1, 0.15) is 5.82 Å². The van der Waals surface area contributed by atoms with E-state index in [9.17, 15) is 14.0 Å². The Balaban J connectivity index is 1.33. The van der Waals surface area contributed by atoms with Gasteiger partial charge in [-0.1, -0.05) is 0 Å². The molecule has 3 saturated heterocycles. The summed E-state index contributed by atoms with van der Waals surface area (Å²) < 4.78 is 24.9. The van der Waals surface area contributed by atoms with Crippen LogP contribution in [0.4, 0.5) is 10.1 Å². The molecule has 2 amide bonds. The molecule has 3 aliphatic heterocycles. The number of benzene rings is 1. The summed E-state index contributed by atoms with van der Waals surface area (Å²) in [4.78, 5) is 30.4. The van der Waals surface area contributed by atoms with Crippen LogP contribution in [0, 0.1) is 17.7 Å². The van der Waals surface area contributed by atoms with Crippen LogP contribution in [-0.2, 0) is 4.74 Å². The van der Waals surface area contributed by atoms with Crippen molar-refractivity contribution in [2.75, 3.05) is 18.4 Å². The normalized spacial score (nSPS) is 28.4. The lowest BCUT2D eigenvalue weighted by atomic mass is 9.82. The Morgan fingerprint density at radius 2 is 1.89 bits per heavy atom. The van der Waals surface area contributed by atoms with Crippen LogP contribution in [0.15, 0.2) is 35.2 Å². The van der Waals surface area contributed by atoms with Gasteiger partial charge in [-0.25, -0.2) is 9.37 Å². The molecule has 4 atom stereocenters. The summed E-state index contributed by atoms with van der Waals surface area (Å²) in [6, 6.07) is 3.85. The summed E-state index contributed by atoms with van der Waals surface area (Å²) in [5.74, 6) is -0.593. The smallest absolute Gasteiger partial charge is 0.293 e. The van der Waals surface area contributed by atoms with Gasteiger partial charge in [0.15, 0.2) is 6.39 Å². The third-order valence-electron chi connectivity index (χ3n) is 5.80. The van der Waals surface area contributed by atoms with E-state index >= 15 is 0 Å². The topological polar surface area (TPSA) is 84.7 Å². The van der Waals surface area contributed by atoms with Gasteiger partial charge in [0.05, 0.1) is 18.4 Å². The quantitative estimate of drug-likeness (QED) is 0.895. The van der Waals surface area contributed by atoms with E-state index in [-0.39, 0.29) is 35.1 Å². The van der Waals surface area contributed by atoms with Crippen molar-refractivity contribution < 1.29 is 23.1 Å². The van der Waals surface area contributed by atoms with Crippen LogP contribution in [0.5, 0.6) is 0 Å². The second-order valence-corrected chi connectivity index (χ2v) is 7.38. The zero-order valence-corrected chi connectivity index (χ0v) is 14.4. The first-order valence-corrected chi connectivity index (χ1v) is 9.03. The van der Waals surface area contributed by atoms with Crippen LogP contribution in [0.2, 0.25) is 0 Å². The van der Waals surface area contributed by atoms with Crippen LogP contribution in [0.1, 0.15) is 33.8 Å². The third kappa shape index (κ3) is 2.80. The first-order valence-electron chi connectivity index (χ1n) is 9.03. The summed E-state index contributed by atoms with van der Waals surface area (Å²) in [5.41, 5.74) is 0.415. The number of likely N-dealkylation sites (tertiary alicyclic amines) is 1. The number of fused-ring (bicyclic) bond motifs is 5. The summed E-state index contributed by atoms with van der Waals surface area (Å²) in [6.07, 6.45) is 5.03. The molecule has 0 radical (unpaired) electrons. The predicted octanol–water partition coefficient (Wildman–Crippen LogP) is 2.32. The maximum Gasteiger partial charge on any atom is 0.293 e. The molecule has 3 fully saturated rings. The molecule has 1 aromatic carbocycles. The second-order valence-electron chi connectivity index (χ2n) is 7.38. The Morgan fingerprint density at radius 1 is 1.15 bits per heavy atom. The molecule has 4 heterocycles. The summed E-state index contributed by atoms with van der Waals surface area (Å²) in [7, 11) is 0. The van der Waals surface area contributed by atoms with E-state index in [0.717, 1.165) is 25.3 Å². The Labute approximate surface area is 154 Å². The number of ether oxygens (including phenoxy) is 1. The van der Waals surface area contributed by atoms with Crippen LogP contribution in [0.25, 0.3) is 0 Å². The highest BCUT2D eigenvalue weighted by Crippen LogP contribution is 2.47. The minimum absolute atomic E-state index is 0.00924. The molecule has 5 rings (SSSR count). The Bertz CT molecular complexity index is 882. The highest BCUT2D eigenvalue weighted by atomic mass is 19.1. The Morgan fingerprint density at radius 3 is 2.56 bits per heavy atom. The molecule has 7 nitrogen and oxygen atoms in total. The van der Waals surface area contributed by atoms with E-state index in [2.05, 4.69) is 10.3 Å². The first kappa shape index (κ1) is 16.4. The lowest BCUT2D eigenvalue weighted by Crippen LogP contribution is -2.31. The minimum Gasteiger partial charge on any atom is -0.438 e. The molecule has 0 saturated carbocycles. The second kappa shape index (κ2) is 6.16. The largest absolute Gasteiger partial charge is 0.438 e. The summed E-state index contributed by atoms with van der Waals surface area (Å²) in [5, 5.41) is 2.53. The standard InChI is InChI=1S/C19H18FN3O4/c20-11-3-10(4-12(5-11)22-18(24)17-6-21-9-26-17)19(25)23-7-13-14(8-23)16-2-1-15(13)27-16/h3-6,9,13-16H,1-2,7-8H2,(H,22,24)/t13-,14+,15+,16-. The SMILES string of the molecule is O=C(Nc1cc(F)cc(C(=O)N2C[C@@H]3[C@H](C2)[C@H]2CC[C@@H]3O2)c1)c1cnco1. The number of aromatic nitrogens is 1. The lowest BCUT2D eigenvalue weighted by Gasteiger charge is -2.19. The number of anilines is 1. The van der Waals surface area contributed by atoms with Gasteiger partial charge in [-0.3, -0.25) is 9.59 Å². The molecular formula is C19H18FN3O4. The third-order valence-corrected chi connectivity index (χ3v) is 5.80. The number of hydrogen-bond donors (Lipinski definition) is 1. The van der Waals surface area contributed by atoms with E-state index in [1.807, 2.05) is 0 Å². The maximum absolute atomic E-state index is 14.1. The fourth-order valence-corrected chi connectivity index (χ4v) is 4.61. The number of carbonyl (C=O) groups is 2. The van der Waals surface area contributed by atoms with Crippen molar-refractivity contribution in [2.45, 2.75) is 25.0 Å². The number of nitrogens with one attached hydrogen (secondary N) is 1. The van der Waals surface area contributed by atoms with Crippen molar-refractivity contribution in [3.05, 3.63) is 47.9 Å². The number of carbonyl (C=O) groups excluding carboxylic acids is 2. The van der Waals surface area contributed by atoms with Crippen molar-refractivity contribution in [3.63, 3.8) is 0 Å². The highest BCUT2D eigenvalue weighted by Gasteiger charge is 2.53. The molecule has 3 aliphatic rings. The number of rotatable bonds is 3. The lowest BCUT2D eigenvalue weighted by molar-refractivity contribution is 0.0593. The molecule has 1 aromatic heterocycles. The van der Waals surface area contributed by atoms with E-state index in [1.165, 1.54) is 18.3 Å². The van der Waals surface area contributed by atoms with Crippen LogP contribution in [0.3, 0.4) is 0 Å². The summed E-state index contributed by atoms with van der Waals surface area (Å²) in [6.45, 7) is 1.28. The van der Waals surface area contributed by atoms with E-state index < -0.39 is 11.7 Å². The van der Waals surface area contributed by atoms with Crippen LogP contribution < -0.4 is 5.32 Å². The minimum atomic E-state index is -0.587. The van der Waals surface area contributed by atoms with Gasteiger partial charge in [-0.05, 0) is 31.0 Å². The van der Waals surface area contributed by atoms with Crippen molar-refractivity contribution in [2.24, 2.45) is 11.8 Å². The molecule has 0 aliphatic carbocycles. The average Bonchev–Trinajstić information content (AvgIpc) is 3.43. The molecule has 2 bridgehead atoms. The van der Waals surface area contributed by atoms with Gasteiger partial charge in [0.25, 0.3) is 11.8 Å². The number of hydrogen-bond acceptors (Lipinski definition) is 5. The molecule has 140 valence electrons. The molecule has 2 aromatic rings. The Hall–Kier alpha value is -2.74. The molecule has 8 heteroatoms. The zero-order valence-electron chi connectivity index (χ0n) is 14.4. The Kier molecular flexibility index (Phi) is 3.75. The molecule has 0 spiro atoms. The summed E-state index contributed by atoms with van der Waals surface area (Å²) >= 11 is 0. The zero-order chi connectivity index (χ0) is 18.5. The maximum atomic E-state index is 14.1. The highest BCUT2D eigenvalue weighted by molar-refractivity contribution is 6.03. The number of amides is 2. The molecule has 0 unspecified atom stereocenters. The number of oxazole rings is 1. The van der Waals surface area contributed by atoms with Gasteiger partial charge in [0.2, 0.25) is 5.76 Å². The van der Waals surface area contributed by atoms with E-state index in [0.29, 0.717) is 24.9 Å². The van der Waals surface area contributed by atoms with Gasteiger partial charge in [-0.15, -0.1) is 0 Å². The van der Waals surface area contributed by atoms with Gasteiger partial charge in [0, 0.05) is 36.2 Å². The van der Waals surface area contributed by atoms with Crippen molar-refractivity contribution >= 4 is 17.5 Å². The number of halogens is 1. The van der Waals surface area contributed by atoms with E-state index in [4.69, 9.17) is 9.15 Å². The van der Waals surface area contributed by atoms with Crippen LogP contribution >= 0.6 is 0 Å². The molecule has 1 N–H and O–H groups in total. The number of nitrogens with zero attached hydrogens (tertiary/aromatic N) is 2. The fourth-order valence-electron chi connectivity index (χ4n) is 4.61. The monoisotopic (exact) mass is 371 g/mol. The van der Waals surface area contributed by atoms with Crippen molar-refractivity contribution in [3.8, 4) is 0 Å². The average molecular weight is 371 g/mol. The van der Waals surface area contributed by atoms with E-state index in [1.54, 1.807) is 4.90 Å². The van der Waals surface area contributed by atoms with Gasteiger partial charge < -0.3 is 19.4 Å². The van der Waals surface area contributed by atoms with Gasteiger partial charge in [-0.2, -0.15) is 0 Å². The van der Waals surface area contributed by atoms with Gasteiger partial charge >= 0.3 is 0 Å². The molecule has 27 heavy (non-hydrogen) atoms. The van der Waals surface area contributed by atoms with Crippen LogP contribution in [-0.4, -0.2) is 47.0 Å². The first-order chi connectivity index (χ1) is 13.1. The van der Waals surface area contributed by atoms with Crippen molar-refractivity contribution in [1.29, 1.82) is 0 Å². The van der Waals surface area contributed by atoms with Crippen molar-refractivity contribution in [1.82, 2.24) is 9.88 Å². The molecular weight excluding hydrogens is 353 g/mol.